The quantitative estimate of drug-likeness (QED) is 0.284. The molecule has 2 amide bonds. The molecule has 1 fully saturated rings. The van der Waals surface area contributed by atoms with Crippen LogP contribution in [0.3, 0.4) is 0 Å². The van der Waals surface area contributed by atoms with Crippen LogP contribution >= 0.6 is 24.0 Å². The van der Waals surface area contributed by atoms with Gasteiger partial charge >= 0.3 is 0 Å². The Labute approximate surface area is 174 Å². The largest absolute Gasteiger partial charge is 0.359 e. The lowest BCUT2D eigenvalue weighted by atomic mass is 9.92. The van der Waals surface area contributed by atoms with Gasteiger partial charge in [-0.05, 0) is 27.7 Å². The average Bonchev–Trinajstić information content (AvgIpc) is 2.55. The molecule has 0 spiro atoms. The van der Waals surface area contributed by atoms with E-state index >= 15 is 0 Å². The molecule has 0 bridgehead atoms. The standard InChI is InChI=1S/C17H34N6O2.HI/c1-13(2)21-14(24)11-22-7-9-23(10-8-22)16(19-6)20-12-17(3,4)15(25)18-5;/h13H,7-12H2,1-6H3,(H,18,25)(H,19,20)(H,21,24);1H. The van der Waals surface area contributed by atoms with Gasteiger partial charge < -0.3 is 20.9 Å². The molecule has 1 rings (SSSR count). The number of rotatable bonds is 6. The van der Waals surface area contributed by atoms with Crippen molar-refractivity contribution in [2.24, 2.45) is 10.4 Å². The number of hydrogen-bond acceptors (Lipinski definition) is 4. The second kappa shape index (κ2) is 11.6. The van der Waals surface area contributed by atoms with Crippen LogP contribution in [-0.2, 0) is 9.59 Å². The van der Waals surface area contributed by atoms with Crippen molar-refractivity contribution in [1.82, 2.24) is 25.8 Å². The highest BCUT2D eigenvalue weighted by Gasteiger charge is 2.28. The Balaban J connectivity index is 0.00000625. The van der Waals surface area contributed by atoms with Gasteiger partial charge in [0.2, 0.25) is 11.8 Å². The van der Waals surface area contributed by atoms with Gasteiger partial charge in [-0.15, -0.1) is 24.0 Å². The van der Waals surface area contributed by atoms with Gasteiger partial charge in [-0.2, -0.15) is 0 Å². The highest BCUT2D eigenvalue weighted by atomic mass is 127. The topological polar surface area (TPSA) is 89.1 Å². The molecule has 8 nitrogen and oxygen atoms in total. The van der Waals surface area contributed by atoms with Crippen molar-refractivity contribution in [3.63, 3.8) is 0 Å². The van der Waals surface area contributed by atoms with Crippen LogP contribution in [0.1, 0.15) is 27.7 Å². The first-order chi connectivity index (χ1) is 11.7. The summed E-state index contributed by atoms with van der Waals surface area (Å²) in [5.74, 6) is 0.859. The van der Waals surface area contributed by atoms with Crippen LogP contribution in [0, 0.1) is 5.41 Å². The Bertz CT molecular complexity index is 488. The van der Waals surface area contributed by atoms with E-state index in [1.54, 1.807) is 14.1 Å². The maximum absolute atomic E-state index is 11.9. The smallest absolute Gasteiger partial charge is 0.234 e. The Hall–Kier alpha value is -1.10. The summed E-state index contributed by atoms with van der Waals surface area (Å²) in [7, 11) is 3.39. The minimum Gasteiger partial charge on any atom is -0.359 e. The van der Waals surface area contributed by atoms with E-state index in [9.17, 15) is 9.59 Å². The molecule has 3 N–H and O–H groups in total. The Morgan fingerprint density at radius 1 is 1.15 bits per heavy atom. The summed E-state index contributed by atoms with van der Waals surface area (Å²) in [6, 6.07) is 0.167. The molecule has 0 radical (unpaired) electrons. The molecule has 1 heterocycles. The van der Waals surface area contributed by atoms with Gasteiger partial charge in [-0.1, -0.05) is 0 Å². The fourth-order valence-corrected chi connectivity index (χ4v) is 2.74. The summed E-state index contributed by atoms with van der Waals surface area (Å²) in [5, 5.41) is 8.90. The number of amides is 2. The van der Waals surface area contributed by atoms with Crippen LogP contribution in [0.5, 0.6) is 0 Å². The number of carbonyl (C=O) groups is 2. The minimum atomic E-state index is -0.512. The predicted molar refractivity (Wildman–Crippen MR) is 116 cm³/mol. The second-order valence-electron chi connectivity index (χ2n) is 7.35. The van der Waals surface area contributed by atoms with Gasteiger partial charge in [0.05, 0.1) is 12.0 Å². The Morgan fingerprint density at radius 3 is 2.19 bits per heavy atom. The number of nitrogens with zero attached hydrogens (tertiary/aromatic N) is 3. The van der Waals surface area contributed by atoms with Crippen LogP contribution < -0.4 is 16.0 Å². The zero-order valence-corrected chi connectivity index (χ0v) is 19.2. The highest BCUT2D eigenvalue weighted by molar-refractivity contribution is 14.0. The van der Waals surface area contributed by atoms with E-state index in [1.807, 2.05) is 27.7 Å². The zero-order chi connectivity index (χ0) is 19.0. The summed E-state index contributed by atoms with van der Waals surface area (Å²) in [6.07, 6.45) is 0. The van der Waals surface area contributed by atoms with E-state index in [2.05, 4.69) is 30.7 Å². The Morgan fingerprint density at radius 2 is 1.73 bits per heavy atom. The van der Waals surface area contributed by atoms with Crippen molar-refractivity contribution in [2.75, 3.05) is 53.4 Å². The number of aliphatic imine (C=N–C) groups is 1. The van der Waals surface area contributed by atoms with Crippen LogP contribution in [0.4, 0.5) is 0 Å². The minimum absolute atomic E-state index is 0. The van der Waals surface area contributed by atoms with Crippen molar-refractivity contribution in [3.05, 3.63) is 0 Å². The van der Waals surface area contributed by atoms with Crippen LogP contribution in [-0.4, -0.2) is 87.0 Å². The van der Waals surface area contributed by atoms with Crippen molar-refractivity contribution in [3.8, 4) is 0 Å². The van der Waals surface area contributed by atoms with E-state index in [-0.39, 0.29) is 41.8 Å². The monoisotopic (exact) mass is 482 g/mol. The van der Waals surface area contributed by atoms with E-state index < -0.39 is 5.41 Å². The molecule has 1 aliphatic heterocycles. The molecule has 0 aromatic heterocycles. The lowest BCUT2D eigenvalue weighted by Crippen LogP contribution is -2.55. The lowest BCUT2D eigenvalue weighted by molar-refractivity contribution is -0.128. The number of hydrogen-bond donors (Lipinski definition) is 3. The average molecular weight is 482 g/mol. The third kappa shape index (κ3) is 8.07. The van der Waals surface area contributed by atoms with Gasteiger partial charge in [-0.3, -0.25) is 19.5 Å². The van der Waals surface area contributed by atoms with Crippen LogP contribution in [0.15, 0.2) is 4.99 Å². The first-order valence-electron chi connectivity index (χ1n) is 8.89. The number of piperazine rings is 1. The predicted octanol–water partition coefficient (Wildman–Crippen LogP) is 0.0942. The zero-order valence-electron chi connectivity index (χ0n) is 16.9. The molecule has 1 aliphatic rings. The summed E-state index contributed by atoms with van der Waals surface area (Å²) in [6.45, 7) is 11.9. The van der Waals surface area contributed by atoms with Crippen molar-refractivity contribution < 1.29 is 9.59 Å². The third-order valence-corrected chi connectivity index (χ3v) is 4.23. The number of nitrogens with one attached hydrogen (secondary N) is 3. The van der Waals surface area contributed by atoms with Gasteiger partial charge in [0.1, 0.15) is 0 Å². The van der Waals surface area contributed by atoms with Gasteiger partial charge in [-0.25, -0.2) is 0 Å². The van der Waals surface area contributed by atoms with Crippen molar-refractivity contribution >= 4 is 41.8 Å². The number of guanidine groups is 1. The molecule has 0 unspecified atom stereocenters. The molecule has 0 atom stereocenters. The van der Waals surface area contributed by atoms with E-state index in [0.29, 0.717) is 13.1 Å². The molecular formula is C17H35IN6O2. The molecule has 26 heavy (non-hydrogen) atoms. The van der Waals surface area contributed by atoms with E-state index in [4.69, 9.17) is 0 Å². The summed E-state index contributed by atoms with van der Waals surface area (Å²) in [4.78, 5) is 32.4. The van der Waals surface area contributed by atoms with E-state index in [0.717, 1.165) is 32.1 Å². The summed E-state index contributed by atoms with van der Waals surface area (Å²) >= 11 is 0. The fraction of sp³-hybridized carbons (Fsp3) is 0.824. The summed E-state index contributed by atoms with van der Waals surface area (Å²) in [5.41, 5.74) is -0.512. The van der Waals surface area contributed by atoms with Gasteiger partial charge in [0.25, 0.3) is 0 Å². The fourth-order valence-electron chi connectivity index (χ4n) is 2.74. The normalized spacial score (nSPS) is 16.1. The number of halogens is 1. The second-order valence-corrected chi connectivity index (χ2v) is 7.35. The highest BCUT2D eigenvalue weighted by Crippen LogP contribution is 2.13. The van der Waals surface area contributed by atoms with Gasteiger partial charge in [0.15, 0.2) is 5.96 Å². The first kappa shape index (κ1) is 24.9. The van der Waals surface area contributed by atoms with Gasteiger partial charge in [0, 0.05) is 52.9 Å². The maximum Gasteiger partial charge on any atom is 0.234 e. The molecule has 9 heteroatoms. The lowest BCUT2D eigenvalue weighted by Gasteiger charge is -2.37. The van der Waals surface area contributed by atoms with E-state index in [1.165, 1.54) is 0 Å². The molecule has 0 aromatic rings. The SMILES string of the molecule is CN=C(NCC(C)(C)C(=O)NC)N1CCN(CC(=O)NC(C)C)CC1.I. The number of carbonyl (C=O) groups excluding carboxylic acids is 2. The molecule has 0 aliphatic carbocycles. The van der Waals surface area contributed by atoms with Crippen molar-refractivity contribution in [1.29, 1.82) is 0 Å². The molecule has 152 valence electrons. The molecule has 0 saturated carbocycles. The molecular weight excluding hydrogens is 447 g/mol. The molecule has 1 saturated heterocycles. The Kier molecular flexibility index (Phi) is 11.1. The first-order valence-corrected chi connectivity index (χ1v) is 8.89. The summed E-state index contributed by atoms with van der Waals surface area (Å²) < 4.78 is 0. The van der Waals surface area contributed by atoms with Crippen molar-refractivity contribution in [2.45, 2.75) is 33.7 Å². The molecule has 0 aromatic carbocycles. The third-order valence-electron chi connectivity index (χ3n) is 4.23. The maximum atomic E-state index is 11.9. The van der Waals surface area contributed by atoms with Crippen LogP contribution in [0.2, 0.25) is 0 Å². The van der Waals surface area contributed by atoms with Crippen LogP contribution in [0.25, 0.3) is 0 Å².